The maximum Gasteiger partial charge on any atom is 0.216 e. The van der Waals surface area contributed by atoms with Crippen molar-refractivity contribution in [3.8, 4) is 11.8 Å². The average molecular weight is 297 g/mol. The van der Waals surface area contributed by atoms with Gasteiger partial charge in [-0.2, -0.15) is 0 Å². The van der Waals surface area contributed by atoms with Gasteiger partial charge in [-0.25, -0.2) is 12.7 Å². The molecule has 0 unspecified atom stereocenters. The summed E-state index contributed by atoms with van der Waals surface area (Å²) in [5, 5.41) is 8.60. The van der Waals surface area contributed by atoms with Crippen molar-refractivity contribution >= 4 is 10.0 Å². The molecule has 1 N–H and O–H groups in total. The summed E-state index contributed by atoms with van der Waals surface area (Å²) in [6.07, 6.45) is 0. The van der Waals surface area contributed by atoms with Gasteiger partial charge in [0, 0.05) is 26.3 Å². The van der Waals surface area contributed by atoms with Crippen LogP contribution in [-0.4, -0.2) is 51.0 Å². The number of sulfonamides is 1. The molecule has 0 aliphatic rings. The molecule has 0 aliphatic carbocycles. The fraction of sp³-hybridized carbons (Fsp3) is 0.429. The summed E-state index contributed by atoms with van der Waals surface area (Å²) in [5.41, 5.74) is 1.66. The van der Waals surface area contributed by atoms with Crippen LogP contribution in [0.4, 0.5) is 0 Å². The first-order valence-electron chi connectivity index (χ1n) is 6.11. The largest absolute Gasteiger partial charge is 0.384 e. The van der Waals surface area contributed by atoms with Crippen LogP contribution >= 0.6 is 0 Å². The molecule has 0 radical (unpaired) electrons. The van der Waals surface area contributed by atoms with Gasteiger partial charge < -0.3 is 9.84 Å². The Morgan fingerprint density at radius 1 is 1.30 bits per heavy atom. The third-order valence-corrected chi connectivity index (χ3v) is 4.45. The Morgan fingerprint density at radius 3 is 2.50 bits per heavy atom. The van der Waals surface area contributed by atoms with Crippen molar-refractivity contribution in [2.45, 2.75) is 6.54 Å². The summed E-state index contributed by atoms with van der Waals surface area (Å²) >= 11 is 0. The van der Waals surface area contributed by atoms with Gasteiger partial charge in [0.2, 0.25) is 10.0 Å². The van der Waals surface area contributed by atoms with Crippen LogP contribution in [0.5, 0.6) is 0 Å². The van der Waals surface area contributed by atoms with Gasteiger partial charge in [-0.3, -0.25) is 0 Å². The summed E-state index contributed by atoms with van der Waals surface area (Å²) in [6, 6.07) is 7.24. The van der Waals surface area contributed by atoms with Crippen molar-refractivity contribution in [3.63, 3.8) is 0 Å². The fourth-order valence-corrected chi connectivity index (χ4v) is 2.57. The van der Waals surface area contributed by atoms with Crippen LogP contribution in [0.25, 0.3) is 0 Å². The van der Waals surface area contributed by atoms with E-state index >= 15 is 0 Å². The van der Waals surface area contributed by atoms with Gasteiger partial charge in [0.25, 0.3) is 0 Å². The van der Waals surface area contributed by atoms with E-state index in [2.05, 4.69) is 11.8 Å². The third kappa shape index (κ3) is 5.31. The van der Waals surface area contributed by atoms with Crippen molar-refractivity contribution in [2.24, 2.45) is 0 Å². The highest BCUT2D eigenvalue weighted by atomic mass is 32.2. The maximum absolute atomic E-state index is 11.9. The number of nitrogens with zero attached hydrogens (tertiary/aromatic N) is 1. The second kappa shape index (κ2) is 8.02. The Morgan fingerprint density at radius 2 is 1.95 bits per heavy atom. The minimum absolute atomic E-state index is 0.0277. The molecule has 0 heterocycles. The van der Waals surface area contributed by atoms with Crippen molar-refractivity contribution < 1.29 is 18.3 Å². The molecule has 110 valence electrons. The van der Waals surface area contributed by atoms with Crippen LogP contribution in [0, 0.1) is 11.8 Å². The van der Waals surface area contributed by atoms with Crippen LogP contribution in [0.1, 0.15) is 11.1 Å². The number of aliphatic hydroxyl groups excluding tert-OH is 1. The van der Waals surface area contributed by atoms with Gasteiger partial charge >= 0.3 is 0 Å². The predicted octanol–water partition coefficient (Wildman–Crippen LogP) is 0.438. The Bertz CT molecular complexity index is 569. The van der Waals surface area contributed by atoms with Crippen LogP contribution in [0.15, 0.2) is 24.3 Å². The SMILES string of the molecule is COCCS(=O)(=O)N(C)Cc1ccc(C#CCO)cc1. The predicted molar refractivity (Wildman–Crippen MR) is 77.5 cm³/mol. The molecule has 5 nitrogen and oxygen atoms in total. The Balaban J connectivity index is 2.68. The number of aliphatic hydroxyl groups is 1. The molecule has 0 fully saturated rings. The molecule has 20 heavy (non-hydrogen) atoms. The van der Waals surface area contributed by atoms with Crippen LogP contribution in [-0.2, 0) is 21.3 Å². The molecule has 0 saturated heterocycles. The van der Waals surface area contributed by atoms with Gasteiger partial charge in [0.05, 0.1) is 12.4 Å². The van der Waals surface area contributed by atoms with Gasteiger partial charge in [-0.15, -0.1) is 0 Å². The molecule has 1 aromatic rings. The summed E-state index contributed by atoms with van der Waals surface area (Å²) in [5.74, 6) is 5.31. The van der Waals surface area contributed by atoms with Gasteiger partial charge in [-0.05, 0) is 17.7 Å². The van der Waals surface area contributed by atoms with E-state index in [1.807, 2.05) is 12.1 Å². The molecule has 0 aliphatic heterocycles. The number of ether oxygens (including phenoxy) is 1. The zero-order valence-electron chi connectivity index (χ0n) is 11.7. The Hall–Kier alpha value is -1.39. The molecule has 1 aromatic carbocycles. The number of methoxy groups -OCH3 is 1. The van der Waals surface area contributed by atoms with Gasteiger partial charge in [0.1, 0.15) is 6.61 Å². The maximum atomic E-state index is 11.9. The molecule has 0 atom stereocenters. The molecule has 0 aromatic heterocycles. The summed E-state index contributed by atoms with van der Waals surface area (Å²) in [6.45, 7) is 0.310. The van der Waals surface area contributed by atoms with Crippen molar-refractivity contribution in [1.82, 2.24) is 4.31 Å². The normalized spacial score (nSPS) is 11.2. The lowest BCUT2D eigenvalue weighted by molar-refractivity contribution is 0.215. The van der Waals surface area contributed by atoms with Crippen molar-refractivity contribution in [2.75, 3.05) is 33.1 Å². The molecular formula is C14H19NO4S. The smallest absolute Gasteiger partial charge is 0.216 e. The minimum atomic E-state index is -3.30. The summed E-state index contributed by atoms with van der Waals surface area (Å²) < 4.78 is 29.9. The Kier molecular flexibility index (Phi) is 6.68. The lowest BCUT2D eigenvalue weighted by atomic mass is 10.1. The number of hydrogen-bond donors (Lipinski definition) is 1. The van der Waals surface area contributed by atoms with E-state index in [-0.39, 0.29) is 19.0 Å². The summed E-state index contributed by atoms with van der Waals surface area (Å²) in [7, 11) is -0.278. The van der Waals surface area contributed by atoms with E-state index in [1.54, 1.807) is 19.2 Å². The van der Waals surface area contributed by atoms with Crippen molar-refractivity contribution in [1.29, 1.82) is 0 Å². The second-order valence-corrected chi connectivity index (χ2v) is 6.42. The van der Waals surface area contributed by atoms with E-state index in [4.69, 9.17) is 9.84 Å². The first kappa shape index (κ1) is 16.7. The first-order chi connectivity index (χ1) is 9.49. The zero-order valence-corrected chi connectivity index (χ0v) is 12.5. The monoisotopic (exact) mass is 297 g/mol. The zero-order chi connectivity index (χ0) is 15.0. The Labute approximate surface area is 120 Å². The van der Waals surface area contributed by atoms with Crippen molar-refractivity contribution in [3.05, 3.63) is 35.4 Å². The topological polar surface area (TPSA) is 66.8 Å². The van der Waals surface area contributed by atoms with Crippen LogP contribution in [0.3, 0.4) is 0 Å². The highest BCUT2D eigenvalue weighted by Crippen LogP contribution is 2.09. The number of rotatable bonds is 6. The highest BCUT2D eigenvalue weighted by molar-refractivity contribution is 7.89. The van der Waals surface area contributed by atoms with Crippen LogP contribution < -0.4 is 0 Å². The molecular weight excluding hydrogens is 278 g/mol. The number of hydrogen-bond acceptors (Lipinski definition) is 4. The molecule has 0 amide bonds. The van der Waals surface area contributed by atoms with Gasteiger partial charge in [-0.1, -0.05) is 24.0 Å². The number of benzene rings is 1. The standard InChI is InChI=1S/C14H19NO4S/c1-15(20(17,18)11-10-19-2)12-14-7-5-13(6-8-14)4-3-9-16/h5-8,16H,9-12H2,1-2H3. The molecule has 6 heteroatoms. The minimum Gasteiger partial charge on any atom is -0.384 e. The molecule has 0 spiro atoms. The van der Waals surface area contributed by atoms with E-state index in [9.17, 15) is 8.42 Å². The fourth-order valence-electron chi connectivity index (χ4n) is 1.54. The van der Waals surface area contributed by atoms with Crippen LogP contribution in [0.2, 0.25) is 0 Å². The molecule has 0 saturated carbocycles. The molecule has 0 bridgehead atoms. The van der Waals surface area contributed by atoms with E-state index in [0.717, 1.165) is 11.1 Å². The summed E-state index contributed by atoms with van der Waals surface area (Å²) in [4.78, 5) is 0. The molecule has 1 rings (SSSR count). The average Bonchev–Trinajstić information content (AvgIpc) is 2.44. The van der Waals surface area contributed by atoms with E-state index in [1.165, 1.54) is 11.4 Å². The second-order valence-electron chi connectivity index (χ2n) is 4.22. The van der Waals surface area contributed by atoms with E-state index < -0.39 is 10.0 Å². The first-order valence-corrected chi connectivity index (χ1v) is 7.72. The highest BCUT2D eigenvalue weighted by Gasteiger charge is 2.17. The lowest BCUT2D eigenvalue weighted by Crippen LogP contribution is -2.30. The quantitative estimate of drug-likeness (QED) is 0.774. The van der Waals surface area contributed by atoms with Gasteiger partial charge in [0.15, 0.2) is 0 Å². The van der Waals surface area contributed by atoms with E-state index in [0.29, 0.717) is 6.54 Å². The third-order valence-electron chi connectivity index (χ3n) is 2.69. The lowest BCUT2D eigenvalue weighted by Gasteiger charge is -2.17.